The van der Waals surface area contributed by atoms with Crippen LogP contribution in [0.25, 0.3) is 10.9 Å². The van der Waals surface area contributed by atoms with Crippen LogP contribution in [0.5, 0.6) is 0 Å². The Labute approximate surface area is 193 Å². The highest BCUT2D eigenvalue weighted by Gasteiger charge is 2.74. The third kappa shape index (κ3) is 3.80. The van der Waals surface area contributed by atoms with Crippen LogP contribution in [0, 0.1) is 17.3 Å². The molecule has 6 rings (SSSR count). The number of rotatable bonds is 7. The van der Waals surface area contributed by atoms with Crippen molar-refractivity contribution in [1.29, 1.82) is 0 Å². The quantitative estimate of drug-likeness (QED) is 0.574. The van der Waals surface area contributed by atoms with E-state index in [2.05, 4.69) is 19.9 Å². The third-order valence-electron chi connectivity index (χ3n) is 8.04. The second-order valence-electron chi connectivity index (χ2n) is 10.7. The standard InChI is InChI=1S/C24H30N4O4S/c1-23(6-7-23)27-33(31,32)17-10-19-18(20(11-17)28-8-4-15(14-29)5-9-28)2-3-21(25-19)26-22(30)24-12-16(24)13-24/h2-3,10-11,15-16,27,29H,4-9,12-14H2,1H3,(H,25,26,30). The predicted octanol–water partition coefficient (Wildman–Crippen LogP) is 2.62. The molecule has 8 nitrogen and oxygen atoms in total. The molecule has 3 aliphatic carbocycles. The summed E-state index contributed by atoms with van der Waals surface area (Å²) in [4.78, 5) is 19.6. The van der Waals surface area contributed by atoms with Gasteiger partial charge in [-0.15, -0.1) is 0 Å². The lowest BCUT2D eigenvalue weighted by atomic mass is 9.97. The van der Waals surface area contributed by atoms with Gasteiger partial charge in [-0.2, -0.15) is 0 Å². The van der Waals surface area contributed by atoms with Gasteiger partial charge in [-0.25, -0.2) is 18.1 Å². The SMILES string of the molecule is CC1(NS(=O)(=O)c2cc(N3CCC(CO)CC3)c3ccc(NC(=O)C45CC4C5)nc3c2)CC1. The van der Waals surface area contributed by atoms with E-state index in [1.54, 1.807) is 18.2 Å². The summed E-state index contributed by atoms with van der Waals surface area (Å²) < 4.78 is 29.3. The van der Waals surface area contributed by atoms with Crippen LogP contribution in [0.2, 0.25) is 0 Å². The number of carbonyl (C=O) groups excluding carboxylic acids is 1. The molecule has 1 aromatic carbocycles. The summed E-state index contributed by atoms with van der Waals surface area (Å²) in [7, 11) is -3.71. The minimum absolute atomic E-state index is 0.0257. The molecule has 0 atom stereocenters. The number of aliphatic hydroxyl groups excluding tert-OH is 1. The fourth-order valence-electron chi connectivity index (χ4n) is 5.02. The molecule has 4 fully saturated rings. The van der Waals surface area contributed by atoms with E-state index in [0.29, 0.717) is 17.3 Å². The number of hydrogen-bond donors (Lipinski definition) is 3. The highest BCUT2D eigenvalue weighted by molar-refractivity contribution is 7.89. The van der Waals surface area contributed by atoms with Crippen molar-refractivity contribution in [2.45, 2.75) is 55.9 Å². The van der Waals surface area contributed by atoms with Gasteiger partial charge in [0.05, 0.1) is 15.8 Å². The molecule has 2 heterocycles. The average molecular weight is 471 g/mol. The number of hydrogen-bond acceptors (Lipinski definition) is 6. The van der Waals surface area contributed by atoms with Gasteiger partial charge in [-0.05, 0) is 81.5 Å². The van der Waals surface area contributed by atoms with Crippen molar-refractivity contribution >= 4 is 38.3 Å². The Morgan fingerprint density at radius 2 is 1.91 bits per heavy atom. The van der Waals surface area contributed by atoms with Gasteiger partial charge in [-0.1, -0.05) is 0 Å². The van der Waals surface area contributed by atoms with E-state index in [9.17, 15) is 18.3 Å². The molecule has 1 aliphatic heterocycles. The van der Waals surface area contributed by atoms with Crippen molar-refractivity contribution in [2.24, 2.45) is 17.3 Å². The van der Waals surface area contributed by atoms with Gasteiger partial charge in [0.1, 0.15) is 5.82 Å². The Bertz CT molecular complexity index is 1240. The molecule has 4 aliphatic rings. The van der Waals surface area contributed by atoms with Crippen molar-refractivity contribution in [1.82, 2.24) is 9.71 Å². The Morgan fingerprint density at radius 3 is 2.52 bits per heavy atom. The summed E-state index contributed by atoms with van der Waals surface area (Å²) >= 11 is 0. The summed E-state index contributed by atoms with van der Waals surface area (Å²) in [5.41, 5.74) is 0.851. The zero-order valence-electron chi connectivity index (χ0n) is 18.8. The summed E-state index contributed by atoms with van der Waals surface area (Å²) in [6.07, 6.45) is 5.31. The van der Waals surface area contributed by atoms with Gasteiger partial charge >= 0.3 is 0 Å². The largest absolute Gasteiger partial charge is 0.396 e. The Kier molecular flexibility index (Phi) is 4.61. The molecule has 2 aromatic rings. The fraction of sp³-hybridized carbons (Fsp3) is 0.583. The summed E-state index contributed by atoms with van der Waals surface area (Å²) in [6, 6.07) is 7.08. The lowest BCUT2D eigenvalue weighted by Crippen LogP contribution is -2.36. The molecule has 9 heteroatoms. The van der Waals surface area contributed by atoms with Crippen molar-refractivity contribution in [2.75, 3.05) is 29.9 Å². The number of sulfonamides is 1. The minimum Gasteiger partial charge on any atom is -0.396 e. The molecular formula is C24H30N4O4S. The first kappa shape index (κ1) is 21.3. The molecule has 176 valence electrons. The van der Waals surface area contributed by atoms with Gasteiger partial charge in [0.2, 0.25) is 15.9 Å². The van der Waals surface area contributed by atoms with Crippen LogP contribution in [-0.4, -0.2) is 49.7 Å². The van der Waals surface area contributed by atoms with Gasteiger partial charge in [-0.3, -0.25) is 4.79 Å². The van der Waals surface area contributed by atoms with Crippen LogP contribution in [-0.2, 0) is 14.8 Å². The maximum atomic E-state index is 13.2. The van der Waals surface area contributed by atoms with Gasteiger partial charge in [0.25, 0.3) is 0 Å². The van der Waals surface area contributed by atoms with Crippen LogP contribution in [0.1, 0.15) is 45.4 Å². The molecule has 0 radical (unpaired) electrons. The van der Waals surface area contributed by atoms with Crippen molar-refractivity contribution < 1.29 is 18.3 Å². The first-order valence-corrected chi connectivity index (χ1v) is 13.4. The number of aromatic nitrogens is 1. The highest BCUT2D eigenvalue weighted by Crippen LogP contribution is 2.75. The van der Waals surface area contributed by atoms with Crippen LogP contribution in [0.15, 0.2) is 29.2 Å². The molecule has 3 saturated carbocycles. The Balaban J connectivity index is 1.38. The number of fused-ring (bicyclic) bond motifs is 2. The molecular weight excluding hydrogens is 440 g/mol. The predicted molar refractivity (Wildman–Crippen MR) is 126 cm³/mol. The number of benzene rings is 1. The van der Waals surface area contributed by atoms with Crippen LogP contribution < -0.4 is 14.9 Å². The normalized spacial score (nSPS) is 27.8. The summed E-state index contributed by atoms with van der Waals surface area (Å²) in [6.45, 7) is 3.59. The summed E-state index contributed by atoms with van der Waals surface area (Å²) in [5.74, 6) is 1.31. The molecule has 33 heavy (non-hydrogen) atoms. The molecule has 1 amide bonds. The lowest BCUT2D eigenvalue weighted by Gasteiger charge is -2.34. The molecule has 0 bridgehead atoms. The zero-order chi connectivity index (χ0) is 23.0. The summed E-state index contributed by atoms with van der Waals surface area (Å²) in [5, 5.41) is 13.3. The molecule has 1 saturated heterocycles. The molecule has 3 N–H and O–H groups in total. The second-order valence-corrected chi connectivity index (χ2v) is 12.4. The van der Waals surface area contributed by atoms with E-state index in [4.69, 9.17) is 0 Å². The van der Waals surface area contributed by atoms with E-state index in [0.717, 1.165) is 62.7 Å². The van der Waals surface area contributed by atoms with E-state index in [-0.39, 0.29) is 34.3 Å². The van der Waals surface area contributed by atoms with Gasteiger partial charge in [0.15, 0.2) is 0 Å². The maximum absolute atomic E-state index is 13.2. The monoisotopic (exact) mass is 470 g/mol. The molecule has 0 unspecified atom stereocenters. The van der Waals surface area contributed by atoms with Crippen molar-refractivity contribution in [3.05, 3.63) is 24.3 Å². The van der Waals surface area contributed by atoms with Crippen LogP contribution >= 0.6 is 0 Å². The minimum atomic E-state index is -3.71. The van der Waals surface area contributed by atoms with E-state index >= 15 is 0 Å². The average Bonchev–Trinajstić information content (AvgIpc) is 3.70. The lowest BCUT2D eigenvalue weighted by molar-refractivity contribution is -0.119. The second kappa shape index (κ2) is 7.13. The Hall–Kier alpha value is -2.23. The van der Waals surface area contributed by atoms with Gasteiger partial charge in [0, 0.05) is 36.3 Å². The van der Waals surface area contributed by atoms with Crippen molar-refractivity contribution in [3.63, 3.8) is 0 Å². The topological polar surface area (TPSA) is 112 Å². The van der Waals surface area contributed by atoms with Crippen LogP contribution in [0.4, 0.5) is 11.5 Å². The number of nitrogens with zero attached hydrogens (tertiary/aromatic N) is 2. The number of aliphatic hydroxyl groups is 1. The first-order chi connectivity index (χ1) is 15.7. The Morgan fingerprint density at radius 1 is 1.21 bits per heavy atom. The highest BCUT2D eigenvalue weighted by atomic mass is 32.2. The van der Waals surface area contributed by atoms with Crippen LogP contribution in [0.3, 0.4) is 0 Å². The molecule has 0 spiro atoms. The van der Waals surface area contributed by atoms with Crippen molar-refractivity contribution in [3.8, 4) is 0 Å². The zero-order valence-corrected chi connectivity index (χ0v) is 19.6. The fourth-order valence-corrected chi connectivity index (χ4v) is 6.52. The number of amides is 1. The number of carbonyl (C=O) groups is 1. The maximum Gasteiger partial charge on any atom is 0.241 e. The third-order valence-corrected chi connectivity index (χ3v) is 9.66. The smallest absolute Gasteiger partial charge is 0.241 e. The number of pyridine rings is 1. The molecule has 1 aromatic heterocycles. The first-order valence-electron chi connectivity index (χ1n) is 11.9. The van der Waals surface area contributed by atoms with E-state index < -0.39 is 10.0 Å². The van der Waals surface area contributed by atoms with E-state index in [1.807, 2.05) is 13.0 Å². The number of piperidine rings is 1. The number of anilines is 2. The number of nitrogens with one attached hydrogen (secondary N) is 2. The van der Waals surface area contributed by atoms with Gasteiger partial charge < -0.3 is 15.3 Å². The van der Waals surface area contributed by atoms with E-state index in [1.165, 1.54) is 0 Å².